The normalized spacial score (nSPS) is 22.5. The van der Waals surface area contributed by atoms with E-state index in [1.54, 1.807) is 0 Å². The number of amides is 1. The summed E-state index contributed by atoms with van der Waals surface area (Å²) >= 11 is 0. The van der Waals surface area contributed by atoms with Crippen molar-refractivity contribution < 1.29 is 9.53 Å². The number of carbonyl (C=O) groups is 1. The second kappa shape index (κ2) is 11.0. The van der Waals surface area contributed by atoms with Crippen LogP contribution in [0.1, 0.15) is 55.3 Å². The largest absolute Gasteiger partial charge is 0.382 e. The summed E-state index contributed by atoms with van der Waals surface area (Å²) < 4.78 is 7.86. The highest BCUT2D eigenvalue weighted by atomic mass is 16.5. The third-order valence-corrected chi connectivity index (χ3v) is 7.41. The molecule has 1 amide bonds. The second-order valence-corrected chi connectivity index (χ2v) is 10.2. The Hall–Kier alpha value is -2.97. The van der Waals surface area contributed by atoms with E-state index in [-0.39, 0.29) is 18.1 Å². The molecule has 1 aliphatic heterocycles. The fraction of sp³-hybridized carbons (Fsp3) is 0.536. The first-order valence-electron chi connectivity index (χ1n) is 13.3. The van der Waals surface area contributed by atoms with Crippen LogP contribution in [0.25, 0.3) is 11.2 Å². The summed E-state index contributed by atoms with van der Waals surface area (Å²) in [5, 5.41) is 9.98. The summed E-state index contributed by atoms with van der Waals surface area (Å²) in [5.41, 5.74) is 6.54. The average molecular weight is 491 g/mol. The second-order valence-electron chi connectivity index (χ2n) is 10.2. The number of imidazole rings is 1. The van der Waals surface area contributed by atoms with Gasteiger partial charge < -0.3 is 25.3 Å². The lowest BCUT2D eigenvalue weighted by Crippen LogP contribution is -2.50. The first-order chi connectivity index (χ1) is 17.5. The van der Waals surface area contributed by atoms with Gasteiger partial charge in [-0.05, 0) is 68.9 Å². The van der Waals surface area contributed by atoms with Crippen LogP contribution >= 0.6 is 0 Å². The van der Waals surface area contributed by atoms with Crippen LogP contribution in [0.2, 0.25) is 0 Å². The number of aromatic nitrogens is 3. The standard InChI is InChI=1S/C28H38N6O2/c1-4-24-32-26-18(2)15-19(3)30-27(26)34(24)17-20-5-9-22(10-6-20)31-23-11-7-21(8-12-23)28(35)33-25-16-29-13-14-36-25/h5-6,9-10,15,21,23,25,29,31H,4,7-8,11-14,16-17H2,1-3H3,(H,33,35)/t21-,23+,25?. The lowest BCUT2D eigenvalue weighted by Gasteiger charge is -2.31. The summed E-state index contributed by atoms with van der Waals surface area (Å²) in [6.07, 6.45) is 4.48. The van der Waals surface area contributed by atoms with Gasteiger partial charge in [0.15, 0.2) is 5.65 Å². The first-order valence-corrected chi connectivity index (χ1v) is 13.3. The molecule has 0 spiro atoms. The number of hydrogen-bond acceptors (Lipinski definition) is 6. The number of benzene rings is 1. The van der Waals surface area contributed by atoms with Gasteiger partial charge in [0.25, 0.3) is 0 Å². The number of fused-ring (bicyclic) bond motifs is 1. The number of carbonyl (C=O) groups excluding carboxylic acids is 1. The number of ether oxygens (including phenoxy) is 1. The monoisotopic (exact) mass is 490 g/mol. The van der Waals surface area contributed by atoms with Gasteiger partial charge in [-0.2, -0.15) is 0 Å². The summed E-state index contributed by atoms with van der Waals surface area (Å²) in [5.74, 6) is 1.28. The number of nitrogens with one attached hydrogen (secondary N) is 3. The Morgan fingerprint density at radius 2 is 1.92 bits per heavy atom. The van der Waals surface area contributed by atoms with E-state index < -0.39 is 0 Å². The van der Waals surface area contributed by atoms with Gasteiger partial charge in [-0.25, -0.2) is 9.97 Å². The number of anilines is 1. The SMILES string of the molecule is CCc1nc2c(C)cc(C)nc2n1Cc1ccc(N[C@H]2CC[C@@H](C(=O)NC3CNCCO3)CC2)cc1. The summed E-state index contributed by atoms with van der Waals surface area (Å²) in [7, 11) is 0. The van der Waals surface area contributed by atoms with Gasteiger partial charge in [-0.1, -0.05) is 19.1 Å². The van der Waals surface area contributed by atoms with Crippen molar-refractivity contribution in [1.82, 2.24) is 25.2 Å². The minimum Gasteiger partial charge on any atom is -0.382 e. The molecule has 2 aliphatic rings. The zero-order valence-electron chi connectivity index (χ0n) is 21.6. The van der Waals surface area contributed by atoms with E-state index in [2.05, 4.69) is 64.7 Å². The lowest BCUT2D eigenvalue weighted by atomic mass is 9.85. The number of hydrogen-bond donors (Lipinski definition) is 3. The quantitative estimate of drug-likeness (QED) is 0.468. The van der Waals surface area contributed by atoms with Crippen LogP contribution < -0.4 is 16.0 Å². The Morgan fingerprint density at radius 1 is 1.14 bits per heavy atom. The van der Waals surface area contributed by atoms with E-state index in [1.807, 2.05) is 6.92 Å². The first kappa shape index (κ1) is 24.7. The predicted octanol–water partition coefficient (Wildman–Crippen LogP) is 3.69. The molecule has 192 valence electrons. The Balaban J connectivity index is 1.16. The fourth-order valence-corrected chi connectivity index (χ4v) is 5.44. The molecule has 1 unspecified atom stereocenters. The Bertz CT molecular complexity index is 1190. The molecule has 1 aromatic carbocycles. The van der Waals surface area contributed by atoms with Crippen molar-refractivity contribution in [3.05, 3.63) is 53.0 Å². The Labute approximate surface area is 213 Å². The van der Waals surface area contributed by atoms with Crippen LogP contribution in [0.3, 0.4) is 0 Å². The maximum atomic E-state index is 12.6. The number of nitrogens with zero attached hydrogens (tertiary/aromatic N) is 3. The van der Waals surface area contributed by atoms with Crippen molar-refractivity contribution in [3.8, 4) is 0 Å². The van der Waals surface area contributed by atoms with Crippen molar-refractivity contribution in [2.45, 2.75) is 71.7 Å². The van der Waals surface area contributed by atoms with E-state index in [9.17, 15) is 4.79 Å². The molecule has 5 rings (SSSR count). The van der Waals surface area contributed by atoms with Crippen molar-refractivity contribution in [2.75, 3.05) is 25.0 Å². The minimum absolute atomic E-state index is 0.0783. The highest BCUT2D eigenvalue weighted by Gasteiger charge is 2.28. The van der Waals surface area contributed by atoms with Gasteiger partial charge in [-0.3, -0.25) is 4.79 Å². The van der Waals surface area contributed by atoms with Crippen LogP contribution in [-0.4, -0.2) is 52.4 Å². The smallest absolute Gasteiger partial charge is 0.225 e. The van der Waals surface area contributed by atoms with E-state index in [0.29, 0.717) is 19.2 Å². The van der Waals surface area contributed by atoms with Crippen molar-refractivity contribution >= 4 is 22.8 Å². The van der Waals surface area contributed by atoms with Crippen molar-refractivity contribution in [3.63, 3.8) is 0 Å². The molecule has 0 radical (unpaired) electrons. The van der Waals surface area contributed by atoms with Crippen LogP contribution in [0, 0.1) is 19.8 Å². The van der Waals surface area contributed by atoms with Crippen LogP contribution in [0.5, 0.6) is 0 Å². The highest BCUT2D eigenvalue weighted by Crippen LogP contribution is 2.27. The Kier molecular flexibility index (Phi) is 7.53. The van der Waals surface area contributed by atoms with Crippen molar-refractivity contribution in [2.24, 2.45) is 5.92 Å². The summed E-state index contributed by atoms with van der Waals surface area (Å²) in [6, 6.07) is 11.2. The molecule has 1 aliphatic carbocycles. The van der Waals surface area contributed by atoms with E-state index in [4.69, 9.17) is 14.7 Å². The fourth-order valence-electron chi connectivity index (χ4n) is 5.44. The van der Waals surface area contributed by atoms with Gasteiger partial charge in [0, 0.05) is 42.9 Å². The molecular weight excluding hydrogens is 452 g/mol. The predicted molar refractivity (Wildman–Crippen MR) is 142 cm³/mol. The zero-order valence-corrected chi connectivity index (χ0v) is 21.6. The molecule has 0 bridgehead atoms. The van der Waals surface area contributed by atoms with Gasteiger partial charge in [0.05, 0.1) is 13.2 Å². The number of morpholine rings is 1. The topological polar surface area (TPSA) is 93.1 Å². The molecule has 3 heterocycles. The average Bonchev–Trinajstić information content (AvgIpc) is 3.24. The van der Waals surface area contributed by atoms with Crippen LogP contribution in [0.15, 0.2) is 30.3 Å². The maximum absolute atomic E-state index is 12.6. The maximum Gasteiger partial charge on any atom is 0.225 e. The number of rotatable bonds is 7. The molecule has 2 fully saturated rings. The third kappa shape index (κ3) is 5.55. The zero-order chi connectivity index (χ0) is 25.1. The van der Waals surface area contributed by atoms with Crippen molar-refractivity contribution in [1.29, 1.82) is 0 Å². The van der Waals surface area contributed by atoms with E-state index in [0.717, 1.165) is 73.6 Å². The van der Waals surface area contributed by atoms with E-state index in [1.165, 1.54) is 11.1 Å². The molecule has 8 nitrogen and oxygen atoms in total. The Morgan fingerprint density at radius 3 is 2.61 bits per heavy atom. The lowest BCUT2D eigenvalue weighted by molar-refractivity contribution is -0.131. The minimum atomic E-state index is -0.196. The molecule has 36 heavy (non-hydrogen) atoms. The van der Waals surface area contributed by atoms with Gasteiger partial charge in [-0.15, -0.1) is 0 Å². The molecule has 1 saturated carbocycles. The molecule has 8 heteroatoms. The van der Waals surface area contributed by atoms with Crippen LogP contribution in [0.4, 0.5) is 5.69 Å². The van der Waals surface area contributed by atoms with E-state index >= 15 is 0 Å². The highest BCUT2D eigenvalue weighted by molar-refractivity contribution is 5.79. The number of aryl methyl sites for hydroxylation is 3. The number of pyridine rings is 1. The molecule has 2 aromatic heterocycles. The molecular formula is C28H38N6O2. The van der Waals surface area contributed by atoms with Gasteiger partial charge >= 0.3 is 0 Å². The van der Waals surface area contributed by atoms with Gasteiger partial charge in [0.2, 0.25) is 5.91 Å². The molecule has 1 saturated heterocycles. The summed E-state index contributed by atoms with van der Waals surface area (Å²) in [6.45, 7) is 9.24. The molecule has 1 atom stereocenters. The third-order valence-electron chi connectivity index (χ3n) is 7.41. The molecule has 3 N–H and O–H groups in total. The summed E-state index contributed by atoms with van der Waals surface area (Å²) in [4.78, 5) is 22.3. The van der Waals surface area contributed by atoms with Crippen LogP contribution in [-0.2, 0) is 22.5 Å². The van der Waals surface area contributed by atoms with Gasteiger partial charge in [0.1, 0.15) is 17.6 Å². The molecule has 3 aromatic rings.